The van der Waals surface area contributed by atoms with Gasteiger partial charge in [-0.25, -0.2) is 0 Å². The van der Waals surface area contributed by atoms with Crippen LogP contribution < -0.4 is 0 Å². The molecule has 0 spiro atoms. The minimum Gasteiger partial charge on any atom is -0.258 e. The van der Waals surface area contributed by atoms with E-state index in [4.69, 9.17) is 0 Å². The van der Waals surface area contributed by atoms with Crippen LogP contribution in [0.15, 0.2) is 16.6 Å². The average Bonchev–Trinajstić information content (AvgIpc) is 1.85. The zero-order valence-corrected chi connectivity index (χ0v) is 7.48. The first-order valence-electron chi connectivity index (χ1n) is 3.14. The third-order valence-electron chi connectivity index (χ3n) is 1.23. The highest BCUT2D eigenvalue weighted by molar-refractivity contribution is 9.10. The SMILES string of the molecule is [CH2]Cc1cc(Br)cc(C)n1. The van der Waals surface area contributed by atoms with Crippen LogP contribution in [0.4, 0.5) is 0 Å². The first-order valence-corrected chi connectivity index (χ1v) is 3.94. The zero-order chi connectivity index (χ0) is 7.56. The molecule has 0 aliphatic rings. The van der Waals surface area contributed by atoms with Crippen LogP contribution in [0, 0.1) is 13.8 Å². The molecule has 10 heavy (non-hydrogen) atoms. The molecule has 1 aromatic heterocycles. The lowest BCUT2D eigenvalue weighted by Crippen LogP contribution is -1.89. The lowest BCUT2D eigenvalue weighted by atomic mass is 10.3. The Morgan fingerprint density at radius 2 is 2.30 bits per heavy atom. The van der Waals surface area contributed by atoms with E-state index in [2.05, 4.69) is 27.8 Å². The van der Waals surface area contributed by atoms with E-state index >= 15 is 0 Å². The summed E-state index contributed by atoms with van der Waals surface area (Å²) in [5.74, 6) is 0. The van der Waals surface area contributed by atoms with E-state index in [0.717, 1.165) is 22.3 Å². The zero-order valence-electron chi connectivity index (χ0n) is 5.89. The topological polar surface area (TPSA) is 12.9 Å². The van der Waals surface area contributed by atoms with E-state index in [1.54, 1.807) is 0 Å². The van der Waals surface area contributed by atoms with Crippen LogP contribution in [0.3, 0.4) is 0 Å². The van der Waals surface area contributed by atoms with Crippen LogP contribution in [0.1, 0.15) is 11.4 Å². The van der Waals surface area contributed by atoms with E-state index in [9.17, 15) is 0 Å². The van der Waals surface area contributed by atoms with Crippen molar-refractivity contribution in [3.8, 4) is 0 Å². The highest BCUT2D eigenvalue weighted by atomic mass is 79.9. The summed E-state index contributed by atoms with van der Waals surface area (Å²) in [5, 5.41) is 0. The highest BCUT2D eigenvalue weighted by Gasteiger charge is 1.93. The lowest BCUT2D eigenvalue weighted by molar-refractivity contribution is 1.05. The van der Waals surface area contributed by atoms with Crippen molar-refractivity contribution in [2.45, 2.75) is 13.3 Å². The first-order chi connectivity index (χ1) is 4.72. The van der Waals surface area contributed by atoms with Gasteiger partial charge in [0, 0.05) is 15.9 Å². The molecule has 1 radical (unpaired) electrons. The molecule has 0 N–H and O–H groups in total. The molecule has 1 heterocycles. The number of nitrogens with zero attached hydrogens (tertiary/aromatic N) is 1. The van der Waals surface area contributed by atoms with Crippen molar-refractivity contribution in [3.05, 3.63) is 34.9 Å². The Morgan fingerprint density at radius 3 is 2.80 bits per heavy atom. The highest BCUT2D eigenvalue weighted by Crippen LogP contribution is 2.11. The van der Waals surface area contributed by atoms with Gasteiger partial charge in [0.05, 0.1) is 0 Å². The van der Waals surface area contributed by atoms with Gasteiger partial charge in [-0.1, -0.05) is 15.9 Å². The molecule has 0 aliphatic heterocycles. The molecule has 2 heteroatoms. The Labute approximate surface area is 69.6 Å². The molecule has 0 fully saturated rings. The van der Waals surface area contributed by atoms with Crippen LogP contribution in [-0.4, -0.2) is 4.98 Å². The fourth-order valence-electron chi connectivity index (χ4n) is 0.820. The first kappa shape index (κ1) is 7.73. The van der Waals surface area contributed by atoms with Crippen molar-refractivity contribution in [2.75, 3.05) is 0 Å². The van der Waals surface area contributed by atoms with Gasteiger partial charge in [0.1, 0.15) is 0 Å². The molecule has 0 aromatic carbocycles. The van der Waals surface area contributed by atoms with Gasteiger partial charge >= 0.3 is 0 Å². The minimum atomic E-state index is 0.750. The standard InChI is InChI=1S/C8H9BrN/c1-3-8-5-7(9)4-6(2)10-8/h4-5H,1,3H2,2H3. The molecule has 0 atom stereocenters. The number of hydrogen-bond acceptors (Lipinski definition) is 1. The summed E-state index contributed by atoms with van der Waals surface area (Å²) in [4.78, 5) is 4.26. The number of pyridine rings is 1. The summed E-state index contributed by atoms with van der Waals surface area (Å²) in [6.07, 6.45) is 0.750. The number of aryl methyl sites for hydroxylation is 1. The monoisotopic (exact) mass is 198 g/mol. The molecule has 1 aromatic rings. The Kier molecular flexibility index (Phi) is 2.44. The van der Waals surface area contributed by atoms with Crippen LogP contribution in [0.25, 0.3) is 0 Å². The van der Waals surface area contributed by atoms with Crippen molar-refractivity contribution in [1.82, 2.24) is 4.98 Å². The van der Waals surface area contributed by atoms with Crippen molar-refractivity contribution in [1.29, 1.82) is 0 Å². The van der Waals surface area contributed by atoms with Crippen LogP contribution >= 0.6 is 15.9 Å². The largest absolute Gasteiger partial charge is 0.258 e. The Balaban J connectivity index is 3.06. The van der Waals surface area contributed by atoms with Gasteiger partial charge in [0.25, 0.3) is 0 Å². The number of halogens is 1. The smallest absolute Gasteiger partial charge is 0.0418 e. The Bertz CT molecular complexity index is 212. The number of rotatable bonds is 1. The molecule has 1 rings (SSSR count). The van der Waals surface area contributed by atoms with Crippen LogP contribution in [0.5, 0.6) is 0 Å². The maximum Gasteiger partial charge on any atom is 0.0418 e. The third-order valence-corrected chi connectivity index (χ3v) is 1.69. The van der Waals surface area contributed by atoms with E-state index in [1.807, 2.05) is 19.1 Å². The van der Waals surface area contributed by atoms with Gasteiger partial charge in [0.2, 0.25) is 0 Å². The molecule has 53 valence electrons. The van der Waals surface area contributed by atoms with Crippen molar-refractivity contribution < 1.29 is 0 Å². The lowest BCUT2D eigenvalue weighted by Gasteiger charge is -1.98. The molecule has 0 saturated carbocycles. The fraction of sp³-hybridized carbons (Fsp3) is 0.250. The second-order valence-electron chi connectivity index (χ2n) is 2.17. The van der Waals surface area contributed by atoms with Crippen molar-refractivity contribution in [2.24, 2.45) is 0 Å². The van der Waals surface area contributed by atoms with Gasteiger partial charge in [-0.3, -0.25) is 4.98 Å². The Hall–Kier alpha value is -0.370. The molecule has 0 amide bonds. The average molecular weight is 199 g/mol. The summed E-state index contributed by atoms with van der Waals surface area (Å²) in [6.45, 7) is 5.73. The van der Waals surface area contributed by atoms with Gasteiger partial charge in [-0.05, 0) is 32.4 Å². The van der Waals surface area contributed by atoms with E-state index < -0.39 is 0 Å². The molecular weight excluding hydrogens is 190 g/mol. The minimum absolute atomic E-state index is 0.750. The summed E-state index contributed by atoms with van der Waals surface area (Å²) >= 11 is 3.39. The van der Waals surface area contributed by atoms with E-state index in [1.165, 1.54) is 0 Å². The molecule has 0 unspecified atom stereocenters. The molecule has 0 aliphatic carbocycles. The van der Waals surface area contributed by atoms with Gasteiger partial charge in [-0.2, -0.15) is 0 Å². The second-order valence-corrected chi connectivity index (χ2v) is 3.08. The van der Waals surface area contributed by atoms with Crippen LogP contribution in [0.2, 0.25) is 0 Å². The maximum atomic E-state index is 4.26. The van der Waals surface area contributed by atoms with Crippen molar-refractivity contribution >= 4 is 15.9 Å². The molecular formula is C8H9BrN. The summed E-state index contributed by atoms with van der Waals surface area (Å²) in [7, 11) is 0. The number of hydrogen-bond donors (Lipinski definition) is 0. The normalized spacial score (nSPS) is 9.90. The van der Waals surface area contributed by atoms with Crippen molar-refractivity contribution in [3.63, 3.8) is 0 Å². The van der Waals surface area contributed by atoms with Crippen LogP contribution in [-0.2, 0) is 6.42 Å². The molecule has 1 nitrogen and oxygen atoms in total. The molecule has 0 bridgehead atoms. The number of aromatic nitrogens is 1. The third kappa shape index (κ3) is 1.81. The van der Waals surface area contributed by atoms with Gasteiger partial charge < -0.3 is 0 Å². The molecule has 0 saturated heterocycles. The Morgan fingerprint density at radius 1 is 1.60 bits per heavy atom. The fourth-order valence-corrected chi connectivity index (χ4v) is 1.42. The predicted octanol–water partition coefficient (Wildman–Crippen LogP) is 2.53. The quantitative estimate of drug-likeness (QED) is 0.677. The summed E-state index contributed by atoms with van der Waals surface area (Å²) < 4.78 is 1.08. The van der Waals surface area contributed by atoms with Gasteiger partial charge in [-0.15, -0.1) is 0 Å². The maximum absolute atomic E-state index is 4.26. The summed E-state index contributed by atoms with van der Waals surface area (Å²) in [6, 6.07) is 3.97. The summed E-state index contributed by atoms with van der Waals surface area (Å²) in [5.41, 5.74) is 2.07. The predicted molar refractivity (Wildman–Crippen MR) is 45.7 cm³/mol. The van der Waals surface area contributed by atoms with Gasteiger partial charge in [0.15, 0.2) is 0 Å². The second kappa shape index (κ2) is 3.15. The van der Waals surface area contributed by atoms with E-state index in [-0.39, 0.29) is 0 Å². The van der Waals surface area contributed by atoms with E-state index in [0.29, 0.717) is 0 Å².